The summed E-state index contributed by atoms with van der Waals surface area (Å²) in [6.45, 7) is 2.94. The molecule has 1 saturated heterocycles. The smallest absolute Gasteiger partial charge is 0.304 e. The second kappa shape index (κ2) is 3.64. The van der Waals surface area contributed by atoms with Crippen LogP contribution in [-0.2, 0) is 4.79 Å². The van der Waals surface area contributed by atoms with E-state index in [1.165, 1.54) is 12.8 Å². The minimum atomic E-state index is -0.699. The highest BCUT2D eigenvalue weighted by molar-refractivity contribution is 5.67. The van der Waals surface area contributed by atoms with Gasteiger partial charge in [0.15, 0.2) is 0 Å². The number of carboxylic acid groups (broad SMARTS) is 1. The topological polar surface area (TPSA) is 52.6 Å². The number of carboxylic acids is 1. The monoisotopic (exact) mass is 184 g/mol. The molecule has 1 unspecified atom stereocenters. The highest BCUT2D eigenvalue weighted by Gasteiger charge is 2.32. The van der Waals surface area contributed by atoms with Gasteiger partial charge >= 0.3 is 5.97 Å². The lowest BCUT2D eigenvalue weighted by atomic mass is 10.1. The zero-order valence-electron chi connectivity index (χ0n) is 7.70. The summed E-state index contributed by atoms with van der Waals surface area (Å²) in [4.78, 5) is 12.9. The van der Waals surface area contributed by atoms with Crippen LogP contribution < -0.4 is 5.32 Å². The van der Waals surface area contributed by atoms with Crippen LogP contribution in [0.25, 0.3) is 0 Å². The Bertz CT molecular complexity index is 204. The highest BCUT2D eigenvalue weighted by atomic mass is 16.4. The van der Waals surface area contributed by atoms with Gasteiger partial charge in [0.05, 0.1) is 6.42 Å². The van der Waals surface area contributed by atoms with E-state index in [9.17, 15) is 4.79 Å². The van der Waals surface area contributed by atoms with Crippen LogP contribution in [0.4, 0.5) is 0 Å². The fourth-order valence-electron chi connectivity index (χ4n) is 1.97. The van der Waals surface area contributed by atoms with E-state index in [1.54, 1.807) is 0 Å². The molecule has 1 aliphatic heterocycles. The number of nitrogens with zero attached hydrogens (tertiary/aromatic N) is 1. The van der Waals surface area contributed by atoms with Crippen molar-refractivity contribution in [1.82, 2.24) is 10.2 Å². The fourth-order valence-corrected chi connectivity index (χ4v) is 1.97. The molecule has 2 aliphatic rings. The molecule has 0 bridgehead atoms. The molecular weight excluding hydrogens is 168 g/mol. The number of nitrogens with one attached hydrogen (secondary N) is 1. The summed E-state index contributed by atoms with van der Waals surface area (Å²) in [5.74, 6) is -0.699. The summed E-state index contributed by atoms with van der Waals surface area (Å²) in [6.07, 6.45) is 2.86. The molecule has 1 atom stereocenters. The molecule has 0 aromatic heterocycles. The van der Waals surface area contributed by atoms with Gasteiger partial charge in [-0.15, -0.1) is 0 Å². The maximum absolute atomic E-state index is 10.5. The van der Waals surface area contributed by atoms with Gasteiger partial charge in [-0.3, -0.25) is 9.69 Å². The summed E-state index contributed by atoms with van der Waals surface area (Å²) in [5.41, 5.74) is 0. The van der Waals surface area contributed by atoms with Crippen molar-refractivity contribution in [2.45, 2.75) is 31.3 Å². The molecule has 0 aromatic carbocycles. The van der Waals surface area contributed by atoms with Gasteiger partial charge in [0.2, 0.25) is 0 Å². The summed E-state index contributed by atoms with van der Waals surface area (Å²) >= 11 is 0. The molecule has 2 rings (SSSR count). The molecular formula is C9H16N2O2. The van der Waals surface area contributed by atoms with Gasteiger partial charge in [-0.05, 0) is 12.8 Å². The van der Waals surface area contributed by atoms with Crippen LogP contribution in [0, 0.1) is 0 Å². The molecule has 0 radical (unpaired) electrons. The van der Waals surface area contributed by atoms with Crippen LogP contribution in [-0.4, -0.2) is 47.7 Å². The summed E-state index contributed by atoms with van der Waals surface area (Å²) in [6, 6.07) is 0.922. The molecule has 4 nitrogen and oxygen atoms in total. The van der Waals surface area contributed by atoms with Crippen molar-refractivity contribution >= 4 is 5.97 Å². The molecule has 1 aliphatic carbocycles. The van der Waals surface area contributed by atoms with Crippen molar-refractivity contribution in [1.29, 1.82) is 0 Å². The largest absolute Gasteiger partial charge is 0.481 e. The molecule has 1 saturated carbocycles. The Kier molecular flexibility index (Phi) is 2.51. The molecule has 2 N–H and O–H groups in total. The van der Waals surface area contributed by atoms with Crippen LogP contribution in [0.3, 0.4) is 0 Å². The fraction of sp³-hybridized carbons (Fsp3) is 0.889. The van der Waals surface area contributed by atoms with Gasteiger partial charge in [-0.1, -0.05) is 0 Å². The van der Waals surface area contributed by atoms with Gasteiger partial charge in [-0.2, -0.15) is 0 Å². The van der Waals surface area contributed by atoms with Crippen LogP contribution in [0.1, 0.15) is 19.3 Å². The van der Waals surface area contributed by atoms with Gasteiger partial charge in [-0.25, -0.2) is 0 Å². The molecule has 1 heterocycles. The Morgan fingerprint density at radius 1 is 1.54 bits per heavy atom. The summed E-state index contributed by atoms with van der Waals surface area (Å²) < 4.78 is 0. The molecule has 4 heteroatoms. The lowest BCUT2D eigenvalue weighted by Gasteiger charge is -2.33. The highest BCUT2D eigenvalue weighted by Crippen LogP contribution is 2.27. The molecule has 74 valence electrons. The third-order valence-corrected chi connectivity index (χ3v) is 2.77. The summed E-state index contributed by atoms with van der Waals surface area (Å²) in [7, 11) is 0. The summed E-state index contributed by atoms with van der Waals surface area (Å²) in [5, 5.41) is 11.9. The van der Waals surface area contributed by atoms with Crippen molar-refractivity contribution in [2.75, 3.05) is 19.6 Å². The van der Waals surface area contributed by atoms with Gasteiger partial charge in [0.1, 0.15) is 0 Å². The zero-order valence-corrected chi connectivity index (χ0v) is 7.70. The Balaban J connectivity index is 1.80. The van der Waals surface area contributed by atoms with Crippen LogP contribution >= 0.6 is 0 Å². The molecule has 13 heavy (non-hydrogen) atoms. The maximum atomic E-state index is 10.5. The second-order valence-corrected chi connectivity index (χ2v) is 3.98. The maximum Gasteiger partial charge on any atom is 0.304 e. The van der Waals surface area contributed by atoms with Crippen LogP contribution in [0.2, 0.25) is 0 Å². The second-order valence-electron chi connectivity index (χ2n) is 3.98. The van der Waals surface area contributed by atoms with Crippen molar-refractivity contribution in [2.24, 2.45) is 0 Å². The minimum Gasteiger partial charge on any atom is -0.481 e. The van der Waals surface area contributed by atoms with Gasteiger partial charge < -0.3 is 10.4 Å². The standard InChI is InChI=1S/C9H16N2O2/c12-9(13)5-7-6-11(4-3-10-7)8-1-2-8/h7-8,10H,1-6H2,(H,12,13). The van der Waals surface area contributed by atoms with E-state index in [1.807, 2.05) is 0 Å². The average Bonchev–Trinajstić information content (AvgIpc) is 2.85. The predicted molar refractivity (Wildman–Crippen MR) is 48.6 cm³/mol. The Morgan fingerprint density at radius 2 is 2.31 bits per heavy atom. The van der Waals surface area contributed by atoms with E-state index < -0.39 is 5.97 Å². The number of piperazine rings is 1. The number of hydrogen-bond donors (Lipinski definition) is 2. The minimum absolute atomic E-state index is 0.159. The lowest BCUT2D eigenvalue weighted by Crippen LogP contribution is -2.51. The number of aliphatic carboxylic acids is 1. The van der Waals surface area contributed by atoms with E-state index in [2.05, 4.69) is 10.2 Å². The molecule has 0 spiro atoms. The Labute approximate surface area is 77.9 Å². The van der Waals surface area contributed by atoms with Gasteiger partial charge in [0.25, 0.3) is 0 Å². The first kappa shape index (κ1) is 8.97. The predicted octanol–water partition coefficient (Wildman–Crippen LogP) is -0.103. The Hall–Kier alpha value is -0.610. The van der Waals surface area contributed by atoms with Crippen LogP contribution in [0.15, 0.2) is 0 Å². The van der Waals surface area contributed by atoms with E-state index in [0.717, 1.165) is 25.7 Å². The first-order valence-corrected chi connectivity index (χ1v) is 4.95. The van der Waals surface area contributed by atoms with Gasteiger partial charge in [0, 0.05) is 31.7 Å². The third kappa shape index (κ3) is 2.42. The quantitative estimate of drug-likeness (QED) is 0.643. The zero-order chi connectivity index (χ0) is 9.26. The van der Waals surface area contributed by atoms with E-state index in [0.29, 0.717) is 0 Å². The van der Waals surface area contributed by atoms with Crippen molar-refractivity contribution < 1.29 is 9.90 Å². The third-order valence-electron chi connectivity index (χ3n) is 2.77. The first-order chi connectivity index (χ1) is 6.25. The van der Waals surface area contributed by atoms with E-state index in [4.69, 9.17) is 5.11 Å². The van der Waals surface area contributed by atoms with E-state index in [-0.39, 0.29) is 12.5 Å². The number of carbonyl (C=O) groups is 1. The van der Waals surface area contributed by atoms with Crippen molar-refractivity contribution in [3.63, 3.8) is 0 Å². The number of rotatable bonds is 3. The number of hydrogen-bond acceptors (Lipinski definition) is 3. The van der Waals surface area contributed by atoms with Crippen molar-refractivity contribution in [3.8, 4) is 0 Å². The molecule has 0 aromatic rings. The molecule has 0 amide bonds. The normalized spacial score (nSPS) is 30.3. The SMILES string of the molecule is O=C(O)CC1CN(C2CC2)CCN1. The Morgan fingerprint density at radius 3 is 2.92 bits per heavy atom. The van der Waals surface area contributed by atoms with Crippen molar-refractivity contribution in [3.05, 3.63) is 0 Å². The average molecular weight is 184 g/mol. The lowest BCUT2D eigenvalue weighted by molar-refractivity contribution is -0.137. The molecule has 2 fully saturated rings. The first-order valence-electron chi connectivity index (χ1n) is 4.95. The van der Waals surface area contributed by atoms with E-state index >= 15 is 0 Å². The van der Waals surface area contributed by atoms with Crippen LogP contribution in [0.5, 0.6) is 0 Å².